The lowest BCUT2D eigenvalue weighted by molar-refractivity contribution is 0.0410. The number of nitrogens with zero attached hydrogens (tertiary/aromatic N) is 20. The van der Waals surface area contributed by atoms with Crippen molar-refractivity contribution < 1.29 is 23.9 Å². The Morgan fingerprint density at radius 3 is 0.941 bits per heavy atom. The number of benzene rings is 5. The number of nitrogen functional groups attached to an aromatic ring is 4. The van der Waals surface area contributed by atoms with Gasteiger partial charge >= 0.3 is 24.1 Å². The molecular formula is C100H106N30O5. The van der Waals surface area contributed by atoms with E-state index in [-0.39, 0.29) is 47.8 Å². The van der Waals surface area contributed by atoms with Gasteiger partial charge in [-0.2, -0.15) is 0 Å². The Morgan fingerprint density at radius 2 is 0.622 bits per heavy atom. The number of amides is 8. The third-order valence-electron chi connectivity index (χ3n) is 27.1. The van der Waals surface area contributed by atoms with E-state index in [2.05, 4.69) is 152 Å². The van der Waals surface area contributed by atoms with E-state index in [4.69, 9.17) is 47.6 Å². The lowest BCUT2D eigenvalue weighted by atomic mass is 9.96. The van der Waals surface area contributed by atoms with Gasteiger partial charge in [-0.1, -0.05) is 91.0 Å². The first kappa shape index (κ1) is 85.8. The lowest BCUT2D eigenvalue weighted by Crippen LogP contribution is -2.53. The first-order valence-corrected chi connectivity index (χ1v) is 46.3. The van der Waals surface area contributed by atoms with Gasteiger partial charge in [-0.05, 0) is 131 Å². The Morgan fingerprint density at radius 1 is 0.333 bits per heavy atom. The maximum absolute atomic E-state index is 13.0. The van der Waals surface area contributed by atoms with E-state index in [9.17, 15) is 19.2 Å². The van der Waals surface area contributed by atoms with Crippen molar-refractivity contribution in [2.45, 2.75) is 75.0 Å². The highest BCUT2D eigenvalue weighted by atomic mass is 16.5. The number of piperidine rings is 4. The van der Waals surface area contributed by atoms with Crippen LogP contribution in [-0.2, 0) is 4.74 Å². The van der Waals surface area contributed by atoms with Gasteiger partial charge in [0.05, 0.1) is 47.9 Å². The van der Waals surface area contributed by atoms with Crippen molar-refractivity contribution in [3.63, 3.8) is 0 Å². The molecule has 0 radical (unpaired) electrons. The molecule has 6 aliphatic rings. The molecular weight excluding hydrogens is 1700 g/mol. The second kappa shape index (κ2) is 37.4. The fourth-order valence-electron chi connectivity index (χ4n) is 19.9. The number of morpholine rings is 1. The van der Waals surface area contributed by atoms with Crippen LogP contribution in [0.3, 0.4) is 0 Å². The zero-order valence-corrected chi connectivity index (χ0v) is 74.9. The fraction of sp³-hybridized carbons (Fsp3) is 0.290. The van der Waals surface area contributed by atoms with E-state index in [0.717, 1.165) is 244 Å². The number of likely N-dealkylation sites (N-methyl/N-ethyl adjacent to an activating group) is 1. The van der Waals surface area contributed by atoms with Gasteiger partial charge in [0, 0.05) is 220 Å². The van der Waals surface area contributed by atoms with E-state index < -0.39 is 0 Å². The van der Waals surface area contributed by atoms with Gasteiger partial charge in [0.25, 0.3) is 0 Å². The lowest BCUT2D eigenvalue weighted by Gasteiger charge is -2.38. The molecule has 6 aliphatic heterocycles. The van der Waals surface area contributed by atoms with Crippen LogP contribution in [0.5, 0.6) is 0 Å². The number of carbonyl (C=O) groups is 4. The minimum Gasteiger partial charge on any atom is -0.382 e. The number of hydrogen-bond acceptors (Lipinski definition) is 19. The second-order valence-corrected chi connectivity index (χ2v) is 35.4. The molecule has 0 aliphatic carbocycles. The summed E-state index contributed by atoms with van der Waals surface area (Å²) >= 11 is 0. The fourth-order valence-corrected chi connectivity index (χ4v) is 19.9. The number of ether oxygens (including phenoxy) is 1. The number of H-pyrrole nitrogens is 4. The standard InChI is InChI=1S/C26H25N7O.C25H30N8O.C25H24N8O.C24H27N7O2/c27-24-23-22(21-16-18-6-4-5-9-20(18)30-21)31-25(33(23)15-12-28-24)17-10-13-32(14-11-17)26(34)29-19-7-2-1-3-8-19;1-30-12-14-32(15-13-30)25(34)31-9-6-17(7-10-31)24-29-21(22-23(26)27-8-11-33(22)24)20-16-18-4-2-3-5-19(18)28-20;26-23-22-21(20-14-17-4-1-2-6-19(17)30-20)31-24(33(22)13-10-28-23)16-7-11-32(12-8-16)25(34)29-18-5-3-9-27-15-18;25-22-21-20(19-15-17-3-1-2-4-18(17)27-19)28-23(31(21)10-7-26-22)16-5-8-29(9-6-16)24(32)30-11-13-33-14-12-30/h1-9,12,15-17,30H,10-11,13-14H2,(H2,27,28)(H,29,34);2-5,8,11,16-17,28H,6-7,9-10,12-15H2,1H3,(H2,26,27);1-6,9-10,13-16,30H,7-8,11-12H2,(H2,26,28)(H,29,34);1-4,7,10,15-16,27H,5-6,8-9,11-14H2,(H2,25,26). The summed E-state index contributed by atoms with van der Waals surface area (Å²) in [4.78, 5) is 121. The van der Waals surface area contributed by atoms with Gasteiger partial charge in [0.15, 0.2) is 0 Å². The number of likely N-dealkylation sites (tertiary alicyclic amines) is 4. The number of rotatable bonds is 10. The number of fused-ring (bicyclic) bond motifs is 8. The zero-order chi connectivity index (χ0) is 91.7. The van der Waals surface area contributed by atoms with Crippen molar-refractivity contribution in [2.24, 2.45) is 0 Å². The highest BCUT2D eigenvalue weighted by molar-refractivity contribution is 5.96. The third kappa shape index (κ3) is 17.4. The Balaban J connectivity index is 0.000000108. The number of anilines is 6. The van der Waals surface area contributed by atoms with Crippen LogP contribution in [0.1, 0.15) is 98.3 Å². The Labute approximate surface area is 776 Å². The normalized spacial score (nSPS) is 16.3. The highest BCUT2D eigenvalue weighted by Crippen LogP contribution is 2.42. The molecule has 24 rings (SSSR count). The van der Waals surface area contributed by atoms with Gasteiger partial charge in [-0.3, -0.25) is 22.6 Å². The number of para-hydroxylation sites is 5. The number of nitrogens with two attached hydrogens (primary N) is 4. The van der Waals surface area contributed by atoms with E-state index in [1.54, 1.807) is 43.2 Å². The minimum atomic E-state index is -0.105. The molecule has 0 atom stereocenters. The summed E-state index contributed by atoms with van der Waals surface area (Å²) in [6, 6.07) is 54.4. The molecule has 8 amide bonds. The van der Waals surface area contributed by atoms with Crippen LogP contribution in [0, 0.1) is 0 Å². The Bertz CT molecular complexity index is 6990. The van der Waals surface area contributed by atoms with E-state index in [1.165, 1.54) is 0 Å². The van der Waals surface area contributed by atoms with Crippen molar-refractivity contribution >= 4 is 124 Å². The van der Waals surface area contributed by atoms with Gasteiger partial charge in [-0.15, -0.1) is 0 Å². The van der Waals surface area contributed by atoms with Crippen molar-refractivity contribution in [2.75, 3.05) is 145 Å². The first-order chi connectivity index (χ1) is 66.1. The number of piperazine rings is 1. The molecule has 35 nitrogen and oxygen atoms in total. The summed E-state index contributed by atoms with van der Waals surface area (Å²) in [5.74, 6) is 6.63. The van der Waals surface area contributed by atoms with E-state index >= 15 is 0 Å². The smallest absolute Gasteiger partial charge is 0.321 e. The number of aromatic amines is 4. The quantitative estimate of drug-likeness (QED) is 0.0608. The summed E-state index contributed by atoms with van der Waals surface area (Å²) in [6.45, 7) is 11.6. The molecule has 6 saturated heterocycles. The number of urea groups is 4. The molecule has 0 unspecified atom stereocenters. The van der Waals surface area contributed by atoms with Crippen LogP contribution in [0.2, 0.25) is 0 Å². The SMILES string of the molecule is CN1CCN(C(=O)N2CCC(c3nc(-c4cc5ccccc5[nH]4)c4c(N)nccn34)CC2)CC1.Nc1nccn2c(C3CCN(C(=O)N4CCOCC4)CC3)nc(-c3cc4ccccc4[nH]3)c12.Nc1nccn2c(C3CCN(C(=O)Nc4ccccc4)CC3)nc(-c3cc4ccccc4[nH]3)c12.Nc1nccn2c(C3CCN(C(=O)Nc4cccnc4)CC3)nc(-c3cc4ccccc4[nH]3)c12. The summed E-state index contributed by atoms with van der Waals surface area (Å²) < 4.78 is 13.7. The Hall–Kier alpha value is -15.9. The maximum Gasteiger partial charge on any atom is 0.321 e. The van der Waals surface area contributed by atoms with Gasteiger partial charge in [0.2, 0.25) is 0 Å². The number of carbonyl (C=O) groups excluding carboxylic acids is 4. The molecule has 135 heavy (non-hydrogen) atoms. The zero-order valence-electron chi connectivity index (χ0n) is 74.9. The molecule has 13 aromatic heterocycles. The molecule has 19 heterocycles. The largest absolute Gasteiger partial charge is 0.382 e. The summed E-state index contributed by atoms with van der Waals surface area (Å²) in [5.41, 5.74) is 41.3. The van der Waals surface area contributed by atoms with Crippen LogP contribution in [0.25, 0.3) is 111 Å². The van der Waals surface area contributed by atoms with E-state index in [0.29, 0.717) is 81.4 Å². The van der Waals surface area contributed by atoms with Crippen molar-refractivity contribution in [1.82, 2.24) is 117 Å². The van der Waals surface area contributed by atoms with Crippen molar-refractivity contribution in [1.29, 1.82) is 0 Å². The molecule has 0 saturated carbocycles. The monoisotopic (exact) mass is 1810 g/mol. The third-order valence-corrected chi connectivity index (χ3v) is 27.1. The number of nitrogens with one attached hydrogen (secondary N) is 6. The predicted molar refractivity (Wildman–Crippen MR) is 524 cm³/mol. The second-order valence-electron chi connectivity index (χ2n) is 35.4. The summed E-state index contributed by atoms with van der Waals surface area (Å²) in [5, 5.41) is 10.4. The molecule has 18 aromatic rings. The molecule has 14 N–H and O–H groups in total. The van der Waals surface area contributed by atoms with Crippen LogP contribution < -0.4 is 33.6 Å². The number of aromatic nitrogens is 17. The highest BCUT2D eigenvalue weighted by Gasteiger charge is 2.37. The minimum absolute atomic E-state index is 0.0650. The molecule has 0 spiro atoms. The van der Waals surface area contributed by atoms with Crippen LogP contribution >= 0.6 is 0 Å². The number of imidazole rings is 4. The van der Waals surface area contributed by atoms with Gasteiger partial charge in [0.1, 0.15) is 91.4 Å². The molecule has 6 fully saturated rings. The number of pyridine rings is 1. The average Bonchev–Trinajstić information content (AvgIpc) is 1.61. The van der Waals surface area contributed by atoms with E-state index in [1.807, 2.05) is 145 Å². The maximum atomic E-state index is 13.0. The van der Waals surface area contributed by atoms with Crippen molar-refractivity contribution in [3.8, 4) is 45.6 Å². The number of hydrogen-bond donors (Lipinski definition) is 10. The van der Waals surface area contributed by atoms with Gasteiger partial charge < -0.3 is 92.5 Å². The first-order valence-electron chi connectivity index (χ1n) is 46.3. The predicted octanol–water partition coefficient (Wildman–Crippen LogP) is 15.2. The Kier molecular flexibility index (Phi) is 23.8. The van der Waals surface area contributed by atoms with Crippen LogP contribution in [-0.4, -0.2) is 253 Å². The average molecular weight is 1810 g/mol. The molecule has 35 heteroatoms. The van der Waals surface area contributed by atoms with Crippen LogP contribution in [0.15, 0.2) is 226 Å². The van der Waals surface area contributed by atoms with Gasteiger partial charge in [-0.25, -0.2) is 59.0 Å². The van der Waals surface area contributed by atoms with Crippen molar-refractivity contribution in [3.05, 3.63) is 249 Å². The topological polar surface area (TPSA) is 425 Å². The molecule has 686 valence electrons. The summed E-state index contributed by atoms with van der Waals surface area (Å²) in [7, 11) is 2.11. The van der Waals surface area contributed by atoms with Crippen LogP contribution in [0.4, 0.5) is 53.8 Å². The summed E-state index contributed by atoms with van der Waals surface area (Å²) in [6.07, 6.45) is 24.7. The molecule has 5 aromatic carbocycles. The molecule has 0 bridgehead atoms.